The molecule has 0 aliphatic carbocycles. The Labute approximate surface area is 219 Å². The lowest BCUT2D eigenvalue weighted by atomic mass is 10.1. The number of benzene rings is 2. The van der Waals surface area contributed by atoms with E-state index in [0.29, 0.717) is 0 Å². The Kier molecular flexibility index (Phi) is 7.31. The fourth-order valence-corrected chi connectivity index (χ4v) is 6.92. The Bertz CT molecular complexity index is 1590. The highest BCUT2D eigenvalue weighted by Gasteiger charge is 2.45. The van der Waals surface area contributed by atoms with E-state index in [2.05, 4.69) is 20.3 Å². The van der Waals surface area contributed by atoms with Crippen LogP contribution in [-0.4, -0.2) is 75.2 Å². The van der Waals surface area contributed by atoms with Crippen LogP contribution in [-0.2, 0) is 18.4 Å². The molecule has 0 saturated carbocycles. The van der Waals surface area contributed by atoms with Gasteiger partial charge in [-0.1, -0.05) is 36.4 Å². The standard InChI is InChI=1S/C21H22ClN5O9P2/c22-21-25-18(24-13-7-3-5-11-4-1-2-6-12(11)13)15-19(26-21)27(9-23-15)20-17(29)16(28)14(36-20)8-35-38(33,34)10-37(30,31)32/h1-7,9,14,16-17,20,28-29H,8,10H2,(H,33,34)(H,24,25,26)(H2,30,31,32)/t14-,16+,17?,20-/m1/s1. The van der Waals surface area contributed by atoms with E-state index >= 15 is 0 Å². The van der Waals surface area contributed by atoms with Crippen molar-refractivity contribution in [1.29, 1.82) is 0 Å². The Morgan fingerprint density at radius 1 is 1.05 bits per heavy atom. The fraction of sp³-hybridized carbons (Fsp3) is 0.286. The van der Waals surface area contributed by atoms with Crippen molar-refractivity contribution in [2.45, 2.75) is 24.5 Å². The third-order valence-corrected chi connectivity index (χ3v) is 9.48. The van der Waals surface area contributed by atoms with E-state index < -0.39 is 52.2 Å². The predicted molar refractivity (Wildman–Crippen MR) is 136 cm³/mol. The lowest BCUT2D eigenvalue weighted by Gasteiger charge is -2.18. The average Bonchev–Trinajstić information content (AvgIpc) is 3.37. The van der Waals surface area contributed by atoms with E-state index in [0.717, 1.165) is 16.5 Å². The van der Waals surface area contributed by atoms with Gasteiger partial charge < -0.3 is 39.5 Å². The Balaban J connectivity index is 1.41. The molecule has 0 spiro atoms. The van der Waals surface area contributed by atoms with Crippen molar-refractivity contribution in [1.82, 2.24) is 19.5 Å². The van der Waals surface area contributed by atoms with Crippen molar-refractivity contribution in [3.8, 4) is 0 Å². The van der Waals surface area contributed by atoms with Gasteiger partial charge in [-0.05, 0) is 23.1 Å². The first-order chi connectivity index (χ1) is 17.9. The zero-order valence-corrected chi connectivity index (χ0v) is 21.8. The maximum Gasteiger partial charge on any atom is 0.340 e. The van der Waals surface area contributed by atoms with Crippen molar-refractivity contribution < 1.29 is 43.3 Å². The molecule has 2 unspecified atom stereocenters. The van der Waals surface area contributed by atoms with Crippen LogP contribution in [0.1, 0.15) is 6.23 Å². The number of imidazole rings is 1. The summed E-state index contributed by atoms with van der Waals surface area (Å²) in [5.74, 6) is -1.12. The van der Waals surface area contributed by atoms with Gasteiger partial charge in [0.2, 0.25) is 5.28 Å². The van der Waals surface area contributed by atoms with Gasteiger partial charge in [0.05, 0.1) is 12.9 Å². The van der Waals surface area contributed by atoms with Crippen LogP contribution in [0, 0.1) is 0 Å². The summed E-state index contributed by atoms with van der Waals surface area (Å²) in [5, 5.41) is 26.1. The van der Waals surface area contributed by atoms with Crippen molar-refractivity contribution in [3.63, 3.8) is 0 Å². The summed E-state index contributed by atoms with van der Waals surface area (Å²) in [6, 6.07) is 13.4. The predicted octanol–water partition coefficient (Wildman–Crippen LogP) is 2.33. The summed E-state index contributed by atoms with van der Waals surface area (Å²) in [6.07, 6.45) is -4.37. The molecular formula is C21H22ClN5O9P2. The van der Waals surface area contributed by atoms with Crippen LogP contribution in [0.2, 0.25) is 5.28 Å². The monoisotopic (exact) mass is 585 g/mol. The number of rotatable bonds is 8. The number of hydrogen-bond donors (Lipinski definition) is 6. The molecule has 0 radical (unpaired) electrons. The van der Waals surface area contributed by atoms with Crippen LogP contribution >= 0.6 is 26.8 Å². The Hall–Kier alpha value is -2.48. The molecule has 0 bridgehead atoms. The number of aliphatic hydroxyl groups excluding tert-OH is 2. The van der Waals surface area contributed by atoms with E-state index in [-0.39, 0.29) is 22.3 Å². The molecular weight excluding hydrogens is 564 g/mol. The van der Waals surface area contributed by atoms with Gasteiger partial charge in [-0.3, -0.25) is 13.7 Å². The van der Waals surface area contributed by atoms with Gasteiger partial charge in [0.25, 0.3) is 0 Å². The number of fused-ring (bicyclic) bond motifs is 2. The van der Waals surface area contributed by atoms with Crippen molar-refractivity contribution >= 4 is 60.2 Å². The summed E-state index contributed by atoms with van der Waals surface area (Å²) in [6.45, 7) is -0.723. The molecule has 1 saturated heterocycles. The topological polar surface area (TPSA) is 209 Å². The molecule has 5 rings (SSSR count). The minimum atomic E-state index is -4.84. The van der Waals surface area contributed by atoms with Crippen LogP contribution in [0.4, 0.5) is 11.5 Å². The number of ether oxygens (including phenoxy) is 1. The van der Waals surface area contributed by atoms with E-state index in [1.807, 2.05) is 42.5 Å². The number of halogens is 1. The molecule has 1 aliphatic heterocycles. The summed E-state index contributed by atoms with van der Waals surface area (Å²) in [4.78, 5) is 40.3. The SMILES string of the molecule is O=P(O)(O)CP(=O)(O)OC[C@H]1O[C@@H](n2cnc3c(Nc4cccc5ccccc45)nc(Cl)nc32)C(O)[C@H]1O. The van der Waals surface area contributed by atoms with Gasteiger partial charge in [-0.2, -0.15) is 9.97 Å². The smallest absolute Gasteiger partial charge is 0.340 e. The van der Waals surface area contributed by atoms with Gasteiger partial charge in [0, 0.05) is 11.1 Å². The molecule has 0 amide bonds. The molecule has 2 aromatic heterocycles. The molecule has 1 fully saturated rings. The molecule has 6 N–H and O–H groups in total. The van der Waals surface area contributed by atoms with Crippen LogP contribution in [0.3, 0.4) is 0 Å². The number of nitrogens with zero attached hydrogens (tertiary/aromatic N) is 4. The second-order valence-corrected chi connectivity index (χ2v) is 12.9. The van der Waals surface area contributed by atoms with Crippen LogP contribution < -0.4 is 5.32 Å². The molecule has 5 atom stereocenters. The van der Waals surface area contributed by atoms with Crippen molar-refractivity contribution in [3.05, 3.63) is 54.1 Å². The minimum absolute atomic E-state index is 0.131. The number of aromatic nitrogens is 4. The summed E-state index contributed by atoms with van der Waals surface area (Å²) in [7, 11) is -9.54. The van der Waals surface area contributed by atoms with Crippen LogP contribution in [0.15, 0.2) is 48.8 Å². The quantitative estimate of drug-likeness (QED) is 0.130. The Morgan fingerprint density at radius 3 is 2.55 bits per heavy atom. The van der Waals surface area contributed by atoms with Crippen LogP contribution in [0.25, 0.3) is 21.9 Å². The van der Waals surface area contributed by atoms with E-state index in [1.165, 1.54) is 10.9 Å². The Morgan fingerprint density at radius 2 is 1.79 bits per heavy atom. The molecule has 202 valence electrons. The lowest BCUT2D eigenvalue weighted by Crippen LogP contribution is -2.33. The van der Waals surface area contributed by atoms with Crippen LogP contribution in [0.5, 0.6) is 0 Å². The first kappa shape index (κ1) is 27.1. The third-order valence-electron chi connectivity index (χ3n) is 5.85. The van der Waals surface area contributed by atoms with Crippen molar-refractivity contribution in [2.75, 3.05) is 17.8 Å². The fourth-order valence-electron chi connectivity index (χ4n) is 4.19. The van der Waals surface area contributed by atoms with E-state index in [9.17, 15) is 24.2 Å². The van der Waals surface area contributed by atoms with Gasteiger partial charge in [0.1, 0.15) is 18.3 Å². The molecule has 2 aromatic carbocycles. The maximum absolute atomic E-state index is 12.0. The number of aliphatic hydroxyl groups is 2. The lowest BCUT2D eigenvalue weighted by molar-refractivity contribution is -0.0483. The summed E-state index contributed by atoms with van der Waals surface area (Å²) in [5.41, 5.74) is 1.19. The second kappa shape index (κ2) is 10.2. The molecule has 3 heterocycles. The largest absolute Gasteiger partial charge is 0.387 e. The number of hydrogen-bond acceptors (Lipinski definition) is 10. The molecule has 14 nitrogen and oxygen atoms in total. The zero-order chi connectivity index (χ0) is 27.2. The highest BCUT2D eigenvalue weighted by atomic mass is 35.5. The van der Waals surface area contributed by atoms with E-state index in [4.69, 9.17) is 30.6 Å². The molecule has 17 heteroatoms. The normalized spacial score (nSPS) is 23.6. The third kappa shape index (κ3) is 5.61. The highest BCUT2D eigenvalue weighted by Crippen LogP contribution is 2.55. The number of nitrogens with one attached hydrogen (secondary N) is 1. The molecule has 4 aromatic rings. The van der Waals surface area contributed by atoms with Gasteiger partial charge >= 0.3 is 15.2 Å². The van der Waals surface area contributed by atoms with Gasteiger partial charge in [0.15, 0.2) is 29.1 Å². The zero-order valence-electron chi connectivity index (χ0n) is 19.3. The first-order valence-electron chi connectivity index (χ1n) is 11.1. The average molecular weight is 586 g/mol. The number of anilines is 2. The minimum Gasteiger partial charge on any atom is -0.387 e. The first-order valence-corrected chi connectivity index (χ1v) is 15.0. The van der Waals surface area contributed by atoms with Gasteiger partial charge in [-0.25, -0.2) is 4.98 Å². The van der Waals surface area contributed by atoms with Crippen molar-refractivity contribution in [2.24, 2.45) is 0 Å². The van der Waals surface area contributed by atoms with Gasteiger partial charge in [-0.15, -0.1) is 0 Å². The maximum atomic E-state index is 12.0. The summed E-state index contributed by atoms with van der Waals surface area (Å²) >= 11 is 6.19. The summed E-state index contributed by atoms with van der Waals surface area (Å²) < 4.78 is 34.7. The highest BCUT2D eigenvalue weighted by molar-refractivity contribution is 7.70. The molecule has 1 aliphatic rings. The molecule has 38 heavy (non-hydrogen) atoms. The second-order valence-electron chi connectivity index (χ2n) is 8.60. The van der Waals surface area contributed by atoms with E-state index in [1.54, 1.807) is 0 Å².